The largest absolute Gasteiger partial charge is 0.383 e. The first kappa shape index (κ1) is 21.0. The monoisotopic (exact) mass is 410 g/mol. The van der Waals surface area contributed by atoms with Gasteiger partial charge in [0.05, 0.1) is 23.2 Å². The van der Waals surface area contributed by atoms with E-state index in [0.717, 1.165) is 0 Å². The maximum Gasteiger partial charge on any atom is 0.293 e. The molecule has 3 rings (SSSR count). The van der Waals surface area contributed by atoms with Crippen molar-refractivity contribution in [2.45, 2.75) is 0 Å². The molecule has 0 radical (unpaired) electrons. The first-order valence-electron chi connectivity index (χ1n) is 9.45. The Kier molecular flexibility index (Phi) is 6.77. The van der Waals surface area contributed by atoms with Gasteiger partial charge in [-0.2, -0.15) is 5.26 Å². The summed E-state index contributed by atoms with van der Waals surface area (Å²) in [4.78, 5) is 31.8. The van der Waals surface area contributed by atoms with E-state index in [1.807, 2.05) is 4.90 Å². The Balaban J connectivity index is 1.67. The summed E-state index contributed by atoms with van der Waals surface area (Å²) in [7, 11) is 1.55. The number of anilines is 2. The average molecular weight is 410 g/mol. The second-order valence-electron chi connectivity index (χ2n) is 6.70. The molecule has 0 bridgehead atoms. The van der Waals surface area contributed by atoms with Gasteiger partial charge < -0.3 is 19.9 Å². The predicted molar refractivity (Wildman–Crippen MR) is 111 cm³/mol. The minimum Gasteiger partial charge on any atom is -0.383 e. The Morgan fingerprint density at radius 1 is 1.30 bits per heavy atom. The minimum absolute atomic E-state index is 0.145. The predicted octanol–water partition coefficient (Wildman–Crippen LogP) is 1.88. The Hall–Kier alpha value is -3.71. The number of rotatable bonds is 7. The third kappa shape index (κ3) is 4.82. The number of piperazine rings is 1. The number of aromatic nitrogens is 1. The lowest BCUT2D eigenvalue weighted by molar-refractivity contribution is -0.384. The fourth-order valence-corrected chi connectivity index (χ4v) is 3.24. The molecule has 0 unspecified atom stereocenters. The molecule has 1 saturated heterocycles. The topological polar surface area (TPSA) is 125 Å². The molecule has 30 heavy (non-hydrogen) atoms. The van der Waals surface area contributed by atoms with Crippen LogP contribution in [0.25, 0.3) is 0 Å². The number of ether oxygens (including phenoxy) is 1. The summed E-state index contributed by atoms with van der Waals surface area (Å²) < 4.78 is 4.94. The zero-order valence-corrected chi connectivity index (χ0v) is 16.6. The smallest absolute Gasteiger partial charge is 0.293 e. The van der Waals surface area contributed by atoms with Gasteiger partial charge in [-0.1, -0.05) is 0 Å². The summed E-state index contributed by atoms with van der Waals surface area (Å²) in [6.45, 7) is 2.87. The molecule has 0 aliphatic carbocycles. The second kappa shape index (κ2) is 9.67. The van der Waals surface area contributed by atoms with Gasteiger partial charge in [-0.15, -0.1) is 0 Å². The zero-order valence-electron chi connectivity index (χ0n) is 16.6. The van der Waals surface area contributed by atoms with E-state index in [2.05, 4.69) is 16.4 Å². The summed E-state index contributed by atoms with van der Waals surface area (Å²) in [6.07, 6.45) is 1.59. The fraction of sp³-hybridized carbons (Fsp3) is 0.350. The normalized spacial score (nSPS) is 13.6. The highest BCUT2D eigenvalue weighted by atomic mass is 16.6. The molecular weight excluding hydrogens is 388 g/mol. The van der Waals surface area contributed by atoms with Crippen LogP contribution < -0.4 is 10.2 Å². The van der Waals surface area contributed by atoms with Crippen molar-refractivity contribution in [1.29, 1.82) is 5.26 Å². The highest BCUT2D eigenvalue weighted by Crippen LogP contribution is 2.26. The van der Waals surface area contributed by atoms with E-state index < -0.39 is 4.92 Å². The first-order valence-corrected chi connectivity index (χ1v) is 9.45. The molecule has 10 heteroatoms. The van der Waals surface area contributed by atoms with Gasteiger partial charge in [0, 0.05) is 57.7 Å². The Labute approximate surface area is 173 Å². The third-order valence-electron chi connectivity index (χ3n) is 4.83. The molecule has 1 aromatic carbocycles. The third-order valence-corrected chi connectivity index (χ3v) is 4.83. The Bertz CT molecular complexity index is 966. The molecule has 1 fully saturated rings. The molecule has 2 aromatic rings. The fourth-order valence-electron chi connectivity index (χ4n) is 3.24. The lowest BCUT2D eigenvalue weighted by Gasteiger charge is -2.35. The van der Waals surface area contributed by atoms with Gasteiger partial charge >= 0.3 is 0 Å². The average Bonchev–Trinajstić information content (AvgIpc) is 2.79. The number of methoxy groups -OCH3 is 1. The number of nitriles is 1. The number of nitro benzene ring substituents is 1. The van der Waals surface area contributed by atoms with Gasteiger partial charge in [-0.05, 0) is 24.3 Å². The summed E-state index contributed by atoms with van der Waals surface area (Å²) in [5.41, 5.74) is 1.01. The zero-order chi connectivity index (χ0) is 21.5. The molecule has 10 nitrogen and oxygen atoms in total. The van der Waals surface area contributed by atoms with Crippen LogP contribution in [0, 0.1) is 21.4 Å². The number of pyridine rings is 1. The SMILES string of the molecule is COCCNc1ccc(C(=O)N2CCN(c3cc(C#N)ccn3)CC2)cc1[N+](=O)[O-]. The van der Waals surface area contributed by atoms with Crippen molar-refractivity contribution in [3.05, 3.63) is 57.8 Å². The van der Waals surface area contributed by atoms with Crippen LogP contribution in [0.15, 0.2) is 36.5 Å². The van der Waals surface area contributed by atoms with Gasteiger partial charge in [-0.25, -0.2) is 4.98 Å². The van der Waals surface area contributed by atoms with Crippen molar-refractivity contribution in [2.24, 2.45) is 0 Å². The van der Waals surface area contributed by atoms with Gasteiger partial charge in [0.1, 0.15) is 11.5 Å². The molecule has 2 heterocycles. The summed E-state index contributed by atoms with van der Waals surface area (Å²) in [5.74, 6) is 0.447. The summed E-state index contributed by atoms with van der Waals surface area (Å²) in [6, 6.07) is 9.90. The van der Waals surface area contributed by atoms with E-state index in [1.165, 1.54) is 6.07 Å². The molecule has 1 aliphatic heterocycles. The van der Waals surface area contributed by atoms with Crippen molar-refractivity contribution in [1.82, 2.24) is 9.88 Å². The Morgan fingerprint density at radius 3 is 2.73 bits per heavy atom. The van der Waals surface area contributed by atoms with Crippen molar-refractivity contribution < 1.29 is 14.5 Å². The highest BCUT2D eigenvalue weighted by Gasteiger charge is 2.25. The van der Waals surface area contributed by atoms with Crippen molar-refractivity contribution in [3.63, 3.8) is 0 Å². The summed E-state index contributed by atoms with van der Waals surface area (Å²) in [5, 5.41) is 23.4. The number of hydrogen-bond acceptors (Lipinski definition) is 8. The second-order valence-corrected chi connectivity index (χ2v) is 6.70. The van der Waals surface area contributed by atoms with Crippen LogP contribution >= 0.6 is 0 Å². The lowest BCUT2D eigenvalue weighted by Crippen LogP contribution is -2.49. The maximum atomic E-state index is 12.9. The number of benzene rings is 1. The van der Waals surface area contributed by atoms with E-state index in [4.69, 9.17) is 10.00 Å². The highest BCUT2D eigenvalue weighted by molar-refractivity contribution is 5.96. The van der Waals surface area contributed by atoms with E-state index >= 15 is 0 Å². The van der Waals surface area contributed by atoms with Crippen molar-refractivity contribution >= 4 is 23.1 Å². The molecule has 1 N–H and O–H groups in total. The van der Waals surface area contributed by atoms with Crippen LogP contribution in [0.1, 0.15) is 15.9 Å². The van der Waals surface area contributed by atoms with Gasteiger partial charge in [-0.3, -0.25) is 14.9 Å². The standard InChI is InChI=1S/C20H22N6O4/c1-30-11-6-22-17-3-2-16(13-18(17)26(28)29)20(27)25-9-7-24(8-10-25)19-12-15(14-21)4-5-23-19/h2-5,12-13,22H,6-11H2,1H3. The number of nitro groups is 1. The molecule has 1 aromatic heterocycles. The van der Waals surface area contributed by atoms with Gasteiger partial charge in [0.25, 0.3) is 11.6 Å². The molecule has 0 saturated carbocycles. The van der Waals surface area contributed by atoms with Crippen LogP contribution in [-0.2, 0) is 4.74 Å². The molecular formula is C20H22N6O4. The van der Waals surface area contributed by atoms with Crippen LogP contribution in [-0.4, -0.2) is 67.2 Å². The Morgan fingerprint density at radius 2 is 2.07 bits per heavy atom. The van der Waals surface area contributed by atoms with Crippen LogP contribution in [0.2, 0.25) is 0 Å². The van der Waals surface area contributed by atoms with Crippen LogP contribution in [0.3, 0.4) is 0 Å². The van der Waals surface area contributed by atoms with Crippen molar-refractivity contribution in [3.8, 4) is 6.07 Å². The van der Waals surface area contributed by atoms with Crippen LogP contribution in [0.5, 0.6) is 0 Å². The molecule has 1 amide bonds. The number of nitrogens with zero attached hydrogens (tertiary/aromatic N) is 5. The van der Waals surface area contributed by atoms with Gasteiger partial charge in [0.15, 0.2) is 0 Å². The van der Waals surface area contributed by atoms with E-state index in [9.17, 15) is 14.9 Å². The van der Waals surface area contributed by atoms with E-state index in [-0.39, 0.29) is 17.2 Å². The number of amides is 1. The number of carbonyl (C=O) groups is 1. The molecule has 1 aliphatic rings. The van der Waals surface area contributed by atoms with Gasteiger partial charge in [0.2, 0.25) is 0 Å². The first-order chi connectivity index (χ1) is 14.5. The summed E-state index contributed by atoms with van der Waals surface area (Å²) >= 11 is 0. The van der Waals surface area contributed by atoms with E-state index in [0.29, 0.717) is 56.4 Å². The minimum atomic E-state index is -0.502. The molecule has 0 spiro atoms. The number of hydrogen-bond donors (Lipinski definition) is 1. The molecule has 156 valence electrons. The maximum absolute atomic E-state index is 12.9. The molecule has 0 atom stereocenters. The van der Waals surface area contributed by atoms with Crippen molar-refractivity contribution in [2.75, 3.05) is 56.7 Å². The number of carbonyl (C=O) groups excluding carboxylic acids is 1. The van der Waals surface area contributed by atoms with E-state index in [1.54, 1.807) is 42.5 Å². The van der Waals surface area contributed by atoms with Crippen LogP contribution in [0.4, 0.5) is 17.2 Å². The number of nitrogens with one attached hydrogen (secondary N) is 1. The lowest BCUT2D eigenvalue weighted by atomic mass is 10.1. The quantitative estimate of drug-likeness (QED) is 0.417.